The van der Waals surface area contributed by atoms with Crippen LogP contribution in [0.5, 0.6) is 0 Å². The Labute approximate surface area is 151 Å². The minimum Gasteiger partial charge on any atom is -0.378 e. The molecule has 7 heteroatoms. The van der Waals surface area contributed by atoms with Gasteiger partial charge < -0.3 is 10.2 Å². The Hall–Kier alpha value is -3.09. The van der Waals surface area contributed by atoms with Gasteiger partial charge in [0.05, 0.1) is 5.70 Å². The zero-order chi connectivity index (χ0) is 19.0. The highest BCUT2D eigenvalue weighted by Crippen LogP contribution is 2.26. The van der Waals surface area contributed by atoms with E-state index in [2.05, 4.69) is 5.32 Å². The molecule has 0 bridgehead atoms. The van der Waals surface area contributed by atoms with Crippen LogP contribution >= 0.6 is 0 Å². The summed E-state index contributed by atoms with van der Waals surface area (Å²) in [5.74, 6) is -0.0942. The lowest BCUT2D eigenvalue weighted by molar-refractivity contribution is 0.104. The van der Waals surface area contributed by atoms with Gasteiger partial charge in [-0.2, -0.15) is 0 Å². The molecule has 1 aliphatic heterocycles. The molecule has 0 saturated heterocycles. The van der Waals surface area contributed by atoms with Crippen molar-refractivity contribution in [3.63, 3.8) is 0 Å². The summed E-state index contributed by atoms with van der Waals surface area (Å²) in [7, 11) is 5.30. The van der Waals surface area contributed by atoms with Crippen molar-refractivity contribution in [3.8, 4) is 0 Å². The number of anilines is 2. The first-order valence-electron chi connectivity index (χ1n) is 8.49. The van der Waals surface area contributed by atoms with Crippen LogP contribution in [0.15, 0.2) is 39.6 Å². The number of aromatic nitrogens is 2. The highest BCUT2D eigenvalue weighted by molar-refractivity contribution is 6.19. The number of allylic oxidation sites excluding steroid dienone is 1. The first-order chi connectivity index (χ1) is 12.3. The first kappa shape index (κ1) is 17.7. The molecule has 0 saturated carbocycles. The molecule has 1 aliphatic rings. The molecule has 1 aromatic carbocycles. The fourth-order valence-corrected chi connectivity index (χ4v) is 2.99. The Morgan fingerprint density at radius 1 is 1.12 bits per heavy atom. The van der Waals surface area contributed by atoms with E-state index < -0.39 is 11.2 Å². The Kier molecular flexibility index (Phi) is 4.54. The topological polar surface area (TPSA) is 76.3 Å². The van der Waals surface area contributed by atoms with Gasteiger partial charge in [0.2, 0.25) is 5.78 Å². The molecule has 0 unspecified atom stereocenters. The summed E-state index contributed by atoms with van der Waals surface area (Å²) in [4.78, 5) is 39.5. The van der Waals surface area contributed by atoms with E-state index in [1.54, 1.807) is 6.08 Å². The van der Waals surface area contributed by atoms with Crippen molar-refractivity contribution < 1.29 is 4.79 Å². The molecule has 0 amide bonds. The minimum atomic E-state index is -0.568. The van der Waals surface area contributed by atoms with E-state index in [0.717, 1.165) is 15.8 Å². The standard InChI is InChI=1S/C19H22N4O3/c1-5-10-23-17-15(18(25)22(4)19(23)26)16(24)14(20-17)11-12-6-8-13(9-7-12)21(2)3/h6-9,11,20H,5,10H2,1-4H3. The maximum atomic E-state index is 12.7. The number of hydrogen-bond acceptors (Lipinski definition) is 5. The lowest BCUT2D eigenvalue weighted by Crippen LogP contribution is -2.40. The molecule has 1 aromatic heterocycles. The molecular formula is C19H22N4O3. The first-order valence-corrected chi connectivity index (χ1v) is 8.49. The Balaban J connectivity index is 2.07. The number of hydrogen-bond donors (Lipinski definition) is 1. The predicted molar refractivity (Wildman–Crippen MR) is 103 cm³/mol. The SMILES string of the molecule is CCCn1c2c(c(=O)n(C)c1=O)C(=O)C(=Cc1ccc(N(C)C)cc1)N2. The fraction of sp³-hybridized carbons (Fsp3) is 0.316. The molecule has 0 radical (unpaired) electrons. The zero-order valence-corrected chi connectivity index (χ0v) is 15.4. The predicted octanol–water partition coefficient (Wildman–Crippen LogP) is 1.67. The maximum Gasteiger partial charge on any atom is 0.332 e. The van der Waals surface area contributed by atoms with Crippen LogP contribution < -0.4 is 21.5 Å². The molecule has 1 N–H and O–H groups in total. The van der Waals surface area contributed by atoms with Crippen molar-refractivity contribution in [3.05, 3.63) is 61.9 Å². The normalized spacial score (nSPS) is 14.5. The average Bonchev–Trinajstić information content (AvgIpc) is 2.93. The summed E-state index contributed by atoms with van der Waals surface area (Å²) >= 11 is 0. The van der Waals surface area contributed by atoms with Gasteiger partial charge in [-0.3, -0.25) is 18.7 Å². The molecule has 0 aliphatic carbocycles. The van der Waals surface area contributed by atoms with Crippen molar-refractivity contribution in [1.82, 2.24) is 9.13 Å². The van der Waals surface area contributed by atoms with Gasteiger partial charge in [0.1, 0.15) is 11.4 Å². The van der Waals surface area contributed by atoms with Gasteiger partial charge in [0.25, 0.3) is 5.56 Å². The van der Waals surface area contributed by atoms with Crippen LogP contribution in [-0.4, -0.2) is 29.0 Å². The minimum absolute atomic E-state index is 0.0247. The number of carbonyl (C=O) groups excluding carboxylic acids is 1. The second kappa shape index (κ2) is 6.67. The van der Waals surface area contributed by atoms with Crippen LogP contribution in [0, 0.1) is 0 Å². The van der Waals surface area contributed by atoms with Crippen molar-refractivity contribution in [2.24, 2.45) is 7.05 Å². The smallest absolute Gasteiger partial charge is 0.332 e. The van der Waals surface area contributed by atoms with Gasteiger partial charge in [0.15, 0.2) is 0 Å². The molecule has 2 aromatic rings. The van der Waals surface area contributed by atoms with Crippen LogP contribution in [0.4, 0.5) is 11.5 Å². The zero-order valence-electron chi connectivity index (χ0n) is 15.4. The molecular weight excluding hydrogens is 332 g/mol. The van der Waals surface area contributed by atoms with Gasteiger partial charge in [-0.05, 0) is 30.2 Å². The van der Waals surface area contributed by atoms with Crippen LogP contribution in [0.2, 0.25) is 0 Å². The molecule has 7 nitrogen and oxygen atoms in total. The summed E-state index contributed by atoms with van der Waals surface area (Å²) in [6.07, 6.45) is 2.41. The molecule has 0 spiro atoms. The number of benzene rings is 1. The Morgan fingerprint density at radius 2 is 1.77 bits per heavy atom. The van der Waals surface area contributed by atoms with E-state index in [4.69, 9.17) is 0 Å². The van der Waals surface area contributed by atoms with Crippen LogP contribution in [0.1, 0.15) is 29.3 Å². The molecule has 26 heavy (non-hydrogen) atoms. The second-order valence-electron chi connectivity index (χ2n) is 6.52. The number of ketones is 1. The number of fused-ring (bicyclic) bond motifs is 1. The summed E-state index contributed by atoms with van der Waals surface area (Å²) in [6, 6.07) is 7.70. The van der Waals surface area contributed by atoms with E-state index in [1.807, 2.05) is 50.2 Å². The molecule has 0 fully saturated rings. The Morgan fingerprint density at radius 3 is 2.35 bits per heavy atom. The number of rotatable bonds is 4. The summed E-state index contributed by atoms with van der Waals surface area (Å²) in [5.41, 5.74) is 1.21. The van der Waals surface area contributed by atoms with Gasteiger partial charge in [-0.25, -0.2) is 4.79 Å². The summed E-state index contributed by atoms with van der Waals surface area (Å²) in [6.45, 7) is 2.37. The maximum absolute atomic E-state index is 12.7. The van der Waals surface area contributed by atoms with Gasteiger partial charge in [0, 0.05) is 33.4 Å². The molecule has 136 valence electrons. The quantitative estimate of drug-likeness (QED) is 0.846. The van der Waals surface area contributed by atoms with Crippen molar-refractivity contribution >= 4 is 23.4 Å². The van der Waals surface area contributed by atoms with Crippen LogP contribution in [0.25, 0.3) is 6.08 Å². The largest absolute Gasteiger partial charge is 0.378 e. The Bertz CT molecular complexity index is 1010. The highest BCUT2D eigenvalue weighted by atomic mass is 16.2. The monoisotopic (exact) mass is 354 g/mol. The van der Waals surface area contributed by atoms with E-state index in [-0.39, 0.29) is 11.3 Å². The van der Waals surface area contributed by atoms with E-state index in [0.29, 0.717) is 24.5 Å². The van der Waals surface area contributed by atoms with Crippen LogP contribution in [0.3, 0.4) is 0 Å². The fourth-order valence-electron chi connectivity index (χ4n) is 2.99. The number of nitrogens with one attached hydrogen (secondary N) is 1. The third-order valence-electron chi connectivity index (χ3n) is 4.44. The van der Waals surface area contributed by atoms with E-state index in [9.17, 15) is 14.4 Å². The number of Topliss-reactive ketones (excluding diaryl/α,β-unsaturated/α-hetero) is 1. The van der Waals surface area contributed by atoms with Gasteiger partial charge >= 0.3 is 5.69 Å². The van der Waals surface area contributed by atoms with Gasteiger partial charge in [-0.15, -0.1) is 0 Å². The van der Waals surface area contributed by atoms with Crippen molar-refractivity contribution in [2.45, 2.75) is 19.9 Å². The van der Waals surface area contributed by atoms with E-state index >= 15 is 0 Å². The number of carbonyl (C=O) groups is 1. The van der Waals surface area contributed by atoms with E-state index in [1.165, 1.54) is 11.6 Å². The lowest BCUT2D eigenvalue weighted by Gasteiger charge is -2.12. The number of nitrogens with zero attached hydrogens (tertiary/aromatic N) is 3. The van der Waals surface area contributed by atoms with Crippen molar-refractivity contribution in [1.29, 1.82) is 0 Å². The summed E-state index contributed by atoms with van der Waals surface area (Å²) < 4.78 is 2.44. The van der Waals surface area contributed by atoms with Gasteiger partial charge in [-0.1, -0.05) is 19.1 Å². The second-order valence-corrected chi connectivity index (χ2v) is 6.52. The molecule has 3 rings (SSSR count). The molecule has 0 atom stereocenters. The lowest BCUT2D eigenvalue weighted by atomic mass is 10.1. The summed E-state index contributed by atoms with van der Waals surface area (Å²) in [5, 5.41) is 2.98. The molecule has 2 heterocycles. The van der Waals surface area contributed by atoms with Crippen molar-refractivity contribution in [2.75, 3.05) is 24.3 Å². The third-order valence-corrected chi connectivity index (χ3v) is 4.44. The van der Waals surface area contributed by atoms with Crippen LogP contribution in [-0.2, 0) is 13.6 Å². The third kappa shape index (κ3) is 2.85. The highest BCUT2D eigenvalue weighted by Gasteiger charge is 2.32. The average molecular weight is 354 g/mol.